The number of alkyl halides is 2. The number of likely N-dealkylation sites (tertiary alicyclic amines) is 1. The van der Waals surface area contributed by atoms with E-state index in [1.165, 1.54) is 21.4 Å². The number of hydrogen-bond acceptors (Lipinski definition) is 4. The lowest BCUT2D eigenvalue weighted by Gasteiger charge is -2.24. The van der Waals surface area contributed by atoms with E-state index in [9.17, 15) is 13.6 Å². The minimum Gasteiger partial charge on any atom is -0.444 e. The summed E-state index contributed by atoms with van der Waals surface area (Å²) in [5, 5.41) is 4.68. The Morgan fingerprint density at radius 2 is 1.90 bits per heavy atom. The average molecular weight is 425 g/mol. The van der Waals surface area contributed by atoms with Crippen LogP contribution in [0.2, 0.25) is 0 Å². The van der Waals surface area contributed by atoms with Gasteiger partial charge in [-0.3, -0.25) is 4.68 Å². The molecule has 158 valence electrons. The van der Waals surface area contributed by atoms with Crippen LogP contribution in [-0.4, -0.2) is 45.3 Å². The highest BCUT2D eigenvalue weighted by molar-refractivity contribution is 7.17. The zero-order valence-electron chi connectivity index (χ0n) is 17.0. The minimum absolute atomic E-state index is 0.0645. The first-order valence-corrected chi connectivity index (χ1v) is 9.99. The van der Waals surface area contributed by atoms with Crippen LogP contribution in [0.4, 0.5) is 13.6 Å². The fourth-order valence-corrected chi connectivity index (χ4v) is 3.42. The molecule has 1 amide bonds. The van der Waals surface area contributed by atoms with Crippen LogP contribution in [0.3, 0.4) is 0 Å². The van der Waals surface area contributed by atoms with Gasteiger partial charge in [0, 0.05) is 24.3 Å². The highest BCUT2D eigenvalue weighted by Crippen LogP contribution is 2.30. The predicted octanol–water partition coefficient (Wildman–Crippen LogP) is 4.84. The zero-order chi connectivity index (χ0) is 21.4. The second-order valence-corrected chi connectivity index (χ2v) is 8.84. The van der Waals surface area contributed by atoms with Crippen LogP contribution in [0.25, 0.3) is 11.3 Å². The number of hydrogen-bond donors (Lipinski definition) is 0. The number of carbonyl (C=O) groups is 1. The lowest BCUT2D eigenvalue weighted by molar-refractivity contribution is -0.0892. The number of amides is 1. The van der Waals surface area contributed by atoms with Gasteiger partial charge in [-0.05, 0) is 73.7 Å². The molecule has 1 saturated heterocycles. The van der Waals surface area contributed by atoms with E-state index in [2.05, 4.69) is 9.84 Å². The van der Waals surface area contributed by atoms with Gasteiger partial charge < -0.3 is 14.4 Å². The molecule has 1 aliphatic heterocycles. The molecule has 1 aromatic carbocycles. The summed E-state index contributed by atoms with van der Waals surface area (Å²) < 4.78 is 37.7. The van der Waals surface area contributed by atoms with Crippen LogP contribution in [0.1, 0.15) is 38.9 Å². The van der Waals surface area contributed by atoms with Crippen molar-refractivity contribution in [3.8, 4) is 17.0 Å². The van der Waals surface area contributed by atoms with Gasteiger partial charge in [-0.2, -0.15) is 13.9 Å². The summed E-state index contributed by atoms with van der Waals surface area (Å²) >= 11 is 0. The molecule has 0 saturated carbocycles. The topological polar surface area (TPSA) is 56.6 Å². The summed E-state index contributed by atoms with van der Waals surface area (Å²) in [7, 11) is 1.35. The SMILES string of the molecule is Cc1cc(-c2ccc(OC(F)(F)P)cc2)nn1C1CCN(C(=O)OC(C)(C)C)C1. The van der Waals surface area contributed by atoms with Crippen LogP contribution < -0.4 is 4.74 Å². The van der Waals surface area contributed by atoms with Gasteiger partial charge in [-0.15, -0.1) is 0 Å². The molecule has 2 heterocycles. The van der Waals surface area contributed by atoms with Gasteiger partial charge in [0.05, 0.1) is 11.7 Å². The molecule has 0 spiro atoms. The van der Waals surface area contributed by atoms with Crippen molar-refractivity contribution in [3.63, 3.8) is 0 Å². The maximum Gasteiger partial charge on any atom is 0.410 e. The predicted molar refractivity (Wildman–Crippen MR) is 109 cm³/mol. The number of nitrogens with zero attached hydrogens (tertiary/aromatic N) is 3. The molecule has 1 aliphatic rings. The number of ether oxygens (including phenoxy) is 2. The van der Waals surface area contributed by atoms with Gasteiger partial charge >= 0.3 is 11.9 Å². The van der Waals surface area contributed by atoms with Crippen LogP contribution in [0, 0.1) is 6.92 Å². The first-order chi connectivity index (χ1) is 13.4. The summed E-state index contributed by atoms with van der Waals surface area (Å²) in [5.74, 6) is -3.23. The molecule has 1 aromatic heterocycles. The molecule has 0 aliphatic carbocycles. The Balaban J connectivity index is 1.70. The van der Waals surface area contributed by atoms with E-state index in [0.717, 1.165) is 23.4 Å². The second-order valence-electron chi connectivity index (χ2n) is 8.17. The Bertz CT molecular complexity index is 873. The van der Waals surface area contributed by atoms with E-state index in [-0.39, 0.29) is 17.9 Å². The van der Waals surface area contributed by atoms with Crippen LogP contribution in [0.15, 0.2) is 30.3 Å². The standard InChI is InChI=1S/C20H26F2N3O3P/c1-13-11-17(14-5-7-16(8-6-14)27-20(21,22)29)23-25(13)15-9-10-24(12-15)18(26)28-19(2,3)4/h5-8,11,15H,9-10,12,29H2,1-4H3. The van der Waals surface area contributed by atoms with Crippen molar-refractivity contribution < 1.29 is 23.0 Å². The number of aryl methyl sites for hydroxylation is 1. The van der Waals surface area contributed by atoms with Crippen LogP contribution >= 0.6 is 9.24 Å². The molecule has 0 bridgehead atoms. The monoisotopic (exact) mass is 425 g/mol. The average Bonchev–Trinajstić information content (AvgIpc) is 3.19. The van der Waals surface area contributed by atoms with Gasteiger partial charge in [0.25, 0.3) is 0 Å². The molecule has 0 N–H and O–H groups in total. The quantitative estimate of drug-likeness (QED) is 0.658. The van der Waals surface area contributed by atoms with E-state index < -0.39 is 11.5 Å². The molecule has 1 fully saturated rings. The zero-order valence-corrected chi connectivity index (χ0v) is 18.1. The Labute approximate surface area is 171 Å². The smallest absolute Gasteiger partial charge is 0.410 e. The van der Waals surface area contributed by atoms with E-state index >= 15 is 0 Å². The van der Waals surface area contributed by atoms with Crippen molar-refractivity contribution >= 4 is 15.3 Å². The summed E-state index contributed by atoms with van der Waals surface area (Å²) in [4.78, 5) is 14.0. The van der Waals surface area contributed by atoms with Crippen molar-refractivity contribution in [2.45, 2.75) is 51.6 Å². The Kier molecular flexibility index (Phi) is 5.86. The lowest BCUT2D eigenvalue weighted by atomic mass is 10.1. The van der Waals surface area contributed by atoms with Crippen molar-refractivity contribution in [2.75, 3.05) is 13.1 Å². The third-order valence-electron chi connectivity index (χ3n) is 4.49. The molecule has 6 nitrogen and oxygen atoms in total. The van der Waals surface area contributed by atoms with Crippen molar-refractivity contribution in [2.24, 2.45) is 0 Å². The summed E-state index contributed by atoms with van der Waals surface area (Å²) in [6.45, 7) is 8.65. The number of carbonyl (C=O) groups excluding carboxylic acids is 1. The van der Waals surface area contributed by atoms with Gasteiger partial charge in [0.1, 0.15) is 11.4 Å². The molecule has 2 atom stereocenters. The second kappa shape index (κ2) is 7.90. The molecule has 2 aromatic rings. The van der Waals surface area contributed by atoms with Gasteiger partial charge in [0.15, 0.2) is 0 Å². The number of halogens is 2. The third kappa shape index (κ3) is 5.66. The number of rotatable bonds is 4. The maximum absolute atomic E-state index is 12.9. The number of benzene rings is 1. The van der Waals surface area contributed by atoms with E-state index in [4.69, 9.17) is 4.74 Å². The molecular weight excluding hydrogens is 399 g/mol. The lowest BCUT2D eigenvalue weighted by Crippen LogP contribution is -2.35. The normalized spacial score (nSPS) is 17.5. The number of aromatic nitrogens is 2. The summed E-state index contributed by atoms with van der Waals surface area (Å²) in [6.07, 6.45) is 0.476. The first kappa shape index (κ1) is 21.5. The fourth-order valence-electron chi connectivity index (χ4n) is 3.28. The van der Waals surface area contributed by atoms with E-state index in [0.29, 0.717) is 13.1 Å². The molecule has 9 heteroatoms. The molecule has 29 heavy (non-hydrogen) atoms. The molecular formula is C20H26F2N3O3P. The van der Waals surface area contributed by atoms with Gasteiger partial charge in [-0.25, -0.2) is 4.79 Å². The van der Waals surface area contributed by atoms with Gasteiger partial charge in [-0.1, -0.05) is 0 Å². The first-order valence-electron chi connectivity index (χ1n) is 9.41. The van der Waals surface area contributed by atoms with E-state index in [1.807, 2.05) is 38.4 Å². The Morgan fingerprint density at radius 1 is 1.24 bits per heavy atom. The highest BCUT2D eigenvalue weighted by atomic mass is 31.0. The van der Waals surface area contributed by atoms with Crippen LogP contribution in [-0.2, 0) is 4.74 Å². The van der Waals surface area contributed by atoms with Crippen molar-refractivity contribution in [3.05, 3.63) is 36.0 Å². The summed E-state index contributed by atoms with van der Waals surface area (Å²) in [6, 6.07) is 8.37. The minimum atomic E-state index is -3.30. The summed E-state index contributed by atoms with van der Waals surface area (Å²) in [5.41, 5.74) is 1.98. The fraction of sp³-hybridized carbons (Fsp3) is 0.500. The van der Waals surface area contributed by atoms with Crippen LogP contribution in [0.5, 0.6) is 5.75 Å². The van der Waals surface area contributed by atoms with Gasteiger partial charge in [0.2, 0.25) is 0 Å². The largest absolute Gasteiger partial charge is 0.444 e. The molecule has 2 unspecified atom stereocenters. The highest BCUT2D eigenvalue weighted by Gasteiger charge is 2.32. The Morgan fingerprint density at radius 3 is 2.48 bits per heavy atom. The van der Waals surface area contributed by atoms with Crippen molar-refractivity contribution in [1.29, 1.82) is 0 Å². The maximum atomic E-state index is 12.9. The third-order valence-corrected chi connectivity index (χ3v) is 4.61. The molecule has 3 rings (SSSR count). The van der Waals surface area contributed by atoms with Crippen molar-refractivity contribution in [1.82, 2.24) is 14.7 Å². The molecule has 0 radical (unpaired) electrons. The Hall–Kier alpha value is -2.21. The van der Waals surface area contributed by atoms with E-state index in [1.54, 1.807) is 17.0 Å².